The van der Waals surface area contributed by atoms with Gasteiger partial charge in [-0.15, -0.1) is 0 Å². The summed E-state index contributed by atoms with van der Waals surface area (Å²) < 4.78 is 4.99. The van der Waals surface area contributed by atoms with Crippen LogP contribution in [-0.2, 0) is 11.2 Å². The molecule has 0 unspecified atom stereocenters. The van der Waals surface area contributed by atoms with Crippen molar-refractivity contribution < 1.29 is 9.53 Å². The van der Waals surface area contributed by atoms with E-state index in [1.165, 1.54) is 7.11 Å². The number of carbonyl (C=O) groups is 1. The number of aromatic nitrogens is 2. The highest BCUT2D eigenvalue weighted by atomic mass is 35.5. The van der Waals surface area contributed by atoms with Gasteiger partial charge in [0, 0.05) is 17.1 Å². The van der Waals surface area contributed by atoms with Gasteiger partial charge in [0.2, 0.25) is 0 Å². The van der Waals surface area contributed by atoms with Gasteiger partial charge in [-0.1, -0.05) is 39.3 Å². The summed E-state index contributed by atoms with van der Waals surface area (Å²) >= 11 is 5.99. The molecule has 0 spiro atoms. The number of hydrogen-bond acceptors (Lipinski definition) is 5. The van der Waals surface area contributed by atoms with Crippen LogP contribution in [0.4, 0.5) is 5.82 Å². The summed E-state index contributed by atoms with van der Waals surface area (Å²) in [5.74, 6) is 1.40. The number of esters is 1. The first-order valence-corrected chi connectivity index (χ1v) is 9.18. The maximum Gasteiger partial charge on any atom is 0.343 e. The van der Waals surface area contributed by atoms with E-state index in [0.29, 0.717) is 52.7 Å². The van der Waals surface area contributed by atoms with Crippen LogP contribution in [0.25, 0.3) is 11.4 Å². The second-order valence-corrected chi connectivity index (χ2v) is 7.53. The fourth-order valence-corrected chi connectivity index (χ4v) is 2.64. The fourth-order valence-electron chi connectivity index (χ4n) is 2.51. The first-order chi connectivity index (χ1) is 12.3. The van der Waals surface area contributed by atoms with Crippen LogP contribution in [0.15, 0.2) is 24.3 Å². The van der Waals surface area contributed by atoms with Gasteiger partial charge in [-0.3, -0.25) is 0 Å². The van der Waals surface area contributed by atoms with Gasteiger partial charge in [-0.25, -0.2) is 14.8 Å². The average molecular weight is 376 g/mol. The number of ether oxygens (including phenoxy) is 1. The van der Waals surface area contributed by atoms with Crippen LogP contribution < -0.4 is 5.32 Å². The highest BCUT2D eigenvalue weighted by Crippen LogP contribution is 2.26. The molecule has 1 heterocycles. The summed E-state index contributed by atoms with van der Waals surface area (Å²) in [5, 5.41) is 3.94. The second-order valence-electron chi connectivity index (χ2n) is 7.09. The molecule has 0 atom stereocenters. The number of nitrogens with zero attached hydrogens (tertiary/aromatic N) is 2. The Hall–Kier alpha value is -2.14. The molecule has 2 rings (SSSR count). The van der Waals surface area contributed by atoms with E-state index in [4.69, 9.17) is 16.3 Å². The van der Waals surface area contributed by atoms with E-state index in [9.17, 15) is 4.79 Å². The van der Waals surface area contributed by atoms with Crippen LogP contribution in [0.2, 0.25) is 5.02 Å². The highest BCUT2D eigenvalue weighted by molar-refractivity contribution is 6.30. The third kappa shape index (κ3) is 5.18. The number of halogens is 1. The second kappa shape index (κ2) is 8.99. The summed E-state index contributed by atoms with van der Waals surface area (Å²) in [6, 6.07) is 7.36. The SMILES string of the molecule is COC(=O)c1c(CC(C)C)nc(-c2ccc(Cl)cc2)nc1NCC(C)C. The monoisotopic (exact) mass is 375 g/mol. The molecule has 0 amide bonds. The van der Waals surface area contributed by atoms with Gasteiger partial charge in [0.1, 0.15) is 11.4 Å². The molecule has 1 aromatic heterocycles. The Morgan fingerprint density at radius 1 is 1.12 bits per heavy atom. The van der Waals surface area contributed by atoms with Gasteiger partial charge in [-0.2, -0.15) is 0 Å². The molecule has 1 aromatic carbocycles. The fraction of sp³-hybridized carbons (Fsp3) is 0.450. The van der Waals surface area contributed by atoms with E-state index < -0.39 is 5.97 Å². The minimum absolute atomic E-state index is 0.337. The van der Waals surface area contributed by atoms with Crippen molar-refractivity contribution >= 4 is 23.4 Å². The average Bonchev–Trinajstić information content (AvgIpc) is 2.59. The van der Waals surface area contributed by atoms with Gasteiger partial charge in [0.25, 0.3) is 0 Å². The summed E-state index contributed by atoms with van der Waals surface area (Å²) in [6.07, 6.45) is 0.657. The zero-order valence-electron chi connectivity index (χ0n) is 16.0. The van der Waals surface area contributed by atoms with Crippen LogP contribution in [0.1, 0.15) is 43.7 Å². The Morgan fingerprint density at radius 3 is 2.31 bits per heavy atom. The van der Waals surface area contributed by atoms with Gasteiger partial charge in [0.15, 0.2) is 5.82 Å². The first kappa shape index (κ1) is 20.2. The lowest BCUT2D eigenvalue weighted by Gasteiger charge is -2.17. The van der Waals surface area contributed by atoms with Gasteiger partial charge in [-0.05, 0) is 42.5 Å². The normalized spacial score (nSPS) is 11.1. The molecule has 140 valence electrons. The molecule has 2 aromatic rings. The van der Waals surface area contributed by atoms with Crippen LogP contribution in [0.3, 0.4) is 0 Å². The Kier molecular flexibility index (Phi) is 6.98. The molecule has 0 saturated heterocycles. The van der Waals surface area contributed by atoms with Crippen molar-refractivity contribution in [2.24, 2.45) is 11.8 Å². The van der Waals surface area contributed by atoms with Crippen molar-refractivity contribution in [1.82, 2.24) is 9.97 Å². The van der Waals surface area contributed by atoms with Crippen molar-refractivity contribution in [3.05, 3.63) is 40.5 Å². The van der Waals surface area contributed by atoms with E-state index in [1.54, 1.807) is 12.1 Å². The highest BCUT2D eigenvalue weighted by Gasteiger charge is 2.23. The summed E-state index contributed by atoms with van der Waals surface area (Å²) in [5.41, 5.74) is 1.96. The van der Waals surface area contributed by atoms with E-state index in [-0.39, 0.29) is 0 Å². The zero-order valence-corrected chi connectivity index (χ0v) is 16.7. The Bertz CT molecular complexity index is 758. The van der Waals surface area contributed by atoms with Crippen molar-refractivity contribution in [2.45, 2.75) is 34.1 Å². The standard InChI is InChI=1S/C20H26ClN3O2/c1-12(2)10-16-17(20(25)26-5)19(22-11-13(3)4)24-18(23-16)14-6-8-15(21)9-7-14/h6-9,12-13H,10-11H2,1-5H3,(H,22,23,24). The smallest absolute Gasteiger partial charge is 0.343 e. The van der Waals surface area contributed by atoms with Gasteiger partial charge < -0.3 is 10.1 Å². The summed E-state index contributed by atoms with van der Waals surface area (Å²) in [6.45, 7) is 9.07. The molecule has 0 saturated carbocycles. The third-order valence-electron chi connectivity index (χ3n) is 3.76. The Labute approximate surface area is 160 Å². The molecule has 0 aliphatic rings. The molecular weight excluding hydrogens is 350 g/mol. The molecule has 0 bridgehead atoms. The molecule has 0 aliphatic heterocycles. The molecule has 0 fully saturated rings. The van der Waals surface area contributed by atoms with Crippen LogP contribution >= 0.6 is 11.6 Å². The number of nitrogens with one attached hydrogen (secondary N) is 1. The van der Waals surface area contributed by atoms with E-state index in [0.717, 1.165) is 5.56 Å². The molecule has 0 radical (unpaired) electrons. The number of benzene rings is 1. The minimum Gasteiger partial charge on any atom is -0.465 e. The van der Waals surface area contributed by atoms with Crippen LogP contribution in [0.5, 0.6) is 0 Å². The third-order valence-corrected chi connectivity index (χ3v) is 4.01. The molecule has 6 heteroatoms. The zero-order chi connectivity index (χ0) is 19.3. The first-order valence-electron chi connectivity index (χ1n) is 8.80. The molecule has 1 N–H and O–H groups in total. The maximum absolute atomic E-state index is 12.4. The quantitative estimate of drug-likeness (QED) is 0.701. The number of methoxy groups -OCH3 is 1. The topological polar surface area (TPSA) is 64.1 Å². The van der Waals surface area contributed by atoms with Crippen LogP contribution in [-0.4, -0.2) is 29.6 Å². The van der Waals surface area contributed by atoms with Gasteiger partial charge >= 0.3 is 5.97 Å². The maximum atomic E-state index is 12.4. The number of anilines is 1. The largest absolute Gasteiger partial charge is 0.465 e. The van der Waals surface area contributed by atoms with E-state index >= 15 is 0 Å². The lowest BCUT2D eigenvalue weighted by atomic mass is 10.0. The summed E-state index contributed by atoms with van der Waals surface area (Å²) in [7, 11) is 1.38. The number of rotatable bonds is 7. The van der Waals surface area contributed by atoms with Crippen molar-refractivity contribution in [1.29, 1.82) is 0 Å². The molecule has 5 nitrogen and oxygen atoms in total. The minimum atomic E-state index is -0.422. The Morgan fingerprint density at radius 2 is 1.77 bits per heavy atom. The lowest BCUT2D eigenvalue weighted by molar-refractivity contribution is 0.0599. The number of carbonyl (C=O) groups excluding carboxylic acids is 1. The van der Waals surface area contributed by atoms with Gasteiger partial charge in [0.05, 0.1) is 12.8 Å². The predicted octanol–water partition coefficient (Wildman–Crippen LogP) is 4.85. The van der Waals surface area contributed by atoms with Crippen molar-refractivity contribution in [3.63, 3.8) is 0 Å². The molecule has 26 heavy (non-hydrogen) atoms. The molecule has 0 aliphatic carbocycles. The summed E-state index contributed by atoms with van der Waals surface area (Å²) in [4.78, 5) is 21.7. The van der Waals surface area contributed by atoms with E-state index in [1.807, 2.05) is 12.1 Å². The van der Waals surface area contributed by atoms with Crippen molar-refractivity contribution in [3.8, 4) is 11.4 Å². The number of hydrogen-bond donors (Lipinski definition) is 1. The van der Waals surface area contributed by atoms with Crippen molar-refractivity contribution in [2.75, 3.05) is 19.0 Å². The predicted molar refractivity (Wildman–Crippen MR) is 106 cm³/mol. The lowest BCUT2D eigenvalue weighted by Crippen LogP contribution is -2.19. The van der Waals surface area contributed by atoms with Crippen LogP contribution in [0, 0.1) is 11.8 Å². The van der Waals surface area contributed by atoms with E-state index in [2.05, 4.69) is 43.0 Å². The Balaban J connectivity index is 2.60. The molecular formula is C20H26ClN3O2.